The Morgan fingerprint density at radius 3 is 1.50 bits per heavy atom. The summed E-state index contributed by atoms with van der Waals surface area (Å²) in [6, 6.07) is -3.46. The van der Waals surface area contributed by atoms with Gasteiger partial charge in [0, 0.05) is 0 Å². The minimum absolute atomic E-state index is 0.264. The number of carboxylic acid groups (broad SMARTS) is 4. The Balaban J connectivity index is 3.35. The van der Waals surface area contributed by atoms with Crippen LogP contribution in [0.15, 0.2) is 0 Å². The van der Waals surface area contributed by atoms with E-state index in [2.05, 4.69) is 0 Å². The summed E-state index contributed by atoms with van der Waals surface area (Å²) in [6.07, 6.45) is 0.840. The van der Waals surface area contributed by atoms with Gasteiger partial charge in [0.15, 0.2) is 0 Å². The molecule has 6 N–H and O–H groups in total. The predicted molar refractivity (Wildman–Crippen MR) is 79.2 cm³/mol. The fraction of sp³-hybridized carbons (Fsp3) is 0.714. The second kappa shape index (κ2) is 8.06. The van der Waals surface area contributed by atoms with Crippen LogP contribution in [0, 0.1) is 0 Å². The number of rotatable bonds is 9. The first-order chi connectivity index (χ1) is 11.1. The number of hydrogen-bond acceptors (Lipinski definition) is 6. The highest BCUT2D eigenvalue weighted by atomic mass is 16.4. The van der Waals surface area contributed by atoms with Gasteiger partial charge in [-0.15, -0.1) is 0 Å². The zero-order valence-electron chi connectivity index (χ0n) is 13.1. The average molecular weight is 346 g/mol. The molecule has 0 heterocycles. The number of hydrogen-bond donors (Lipinski definition) is 5. The third kappa shape index (κ3) is 4.90. The third-order valence-corrected chi connectivity index (χ3v) is 4.21. The van der Waals surface area contributed by atoms with Crippen LogP contribution in [0.25, 0.3) is 0 Å². The normalized spacial score (nSPS) is 19.4. The molecule has 1 fully saturated rings. The lowest BCUT2D eigenvalue weighted by molar-refractivity contribution is -0.166. The van der Waals surface area contributed by atoms with Gasteiger partial charge in [-0.2, -0.15) is 0 Å². The Morgan fingerprint density at radius 2 is 1.21 bits per heavy atom. The number of aliphatic carboxylic acids is 4. The molecule has 24 heavy (non-hydrogen) atoms. The highest BCUT2D eigenvalue weighted by Crippen LogP contribution is 2.34. The molecule has 2 unspecified atom stereocenters. The molecule has 0 amide bonds. The van der Waals surface area contributed by atoms with Crippen molar-refractivity contribution < 1.29 is 39.6 Å². The van der Waals surface area contributed by atoms with E-state index in [1.54, 1.807) is 0 Å². The molecule has 0 aliphatic heterocycles. The largest absolute Gasteiger partial charge is 0.481 e. The molecule has 0 bridgehead atoms. The van der Waals surface area contributed by atoms with Gasteiger partial charge < -0.3 is 26.2 Å². The first-order valence-electron chi connectivity index (χ1n) is 7.55. The molecular formula is C14H22N2O8. The lowest BCUT2D eigenvalue weighted by atomic mass is 9.85. The minimum atomic E-state index is -1.73. The SMILES string of the molecule is NC1(N(C(CC(=O)O)C(=O)O)C(CC(=O)O)C(=O)O)CCCCC1. The molecule has 1 rings (SSSR count). The Hall–Kier alpha value is -2.20. The van der Waals surface area contributed by atoms with Crippen molar-refractivity contribution in [3.8, 4) is 0 Å². The monoisotopic (exact) mass is 346 g/mol. The van der Waals surface area contributed by atoms with Gasteiger partial charge >= 0.3 is 23.9 Å². The van der Waals surface area contributed by atoms with Crippen molar-refractivity contribution in [3.63, 3.8) is 0 Å². The molecule has 10 nitrogen and oxygen atoms in total. The summed E-state index contributed by atoms with van der Waals surface area (Å²) < 4.78 is 0. The number of nitrogens with zero attached hydrogens (tertiary/aromatic N) is 1. The fourth-order valence-electron chi connectivity index (χ4n) is 3.20. The van der Waals surface area contributed by atoms with Crippen LogP contribution in [-0.2, 0) is 19.2 Å². The molecule has 0 aromatic carbocycles. The molecule has 10 heteroatoms. The summed E-state index contributed by atoms with van der Waals surface area (Å²) in [5.41, 5.74) is 4.87. The topological polar surface area (TPSA) is 178 Å². The van der Waals surface area contributed by atoms with Crippen LogP contribution in [0.3, 0.4) is 0 Å². The zero-order chi connectivity index (χ0) is 18.5. The Labute approximate surface area is 137 Å². The van der Waals surface area contributed by atoms with Crippen LogP contribution in [0.1, 0.15) is 44.9 Å². The fourth-order valence-corrected chi connectivity index (χ4v) is 3.20. The molecule has 2 atom stereocenters. The summed E-state index contributed by atoms with van der Waals surface area (Å²) in [7, 11) is 0. The minimum Gasteiger partial charge on any atom is -0.481 e. The van der Waals surface area contributed by atoms with E-state index in [0.717, 1.165) is 11.3 Å². The second-order valence-corrected chi connectivity index (χ2v) is 5.98. The quantitative estimate of drug-likeness (QED) is 0.350. The van der Waals surface area contributed by atoms with E-state index in [9.17, 15) is 29.4 Å². The number of carbonyl (C=O) groups is 4. The molecule has 136 valence electrons. The molecule has 0 aromatic heterocycles. The molecule has 1 aliphatic carbocycles. The highest BCUT2D eigenvalue weighted by Gasteiger charge is 2.48. The van der Waals surface area contributed by atoms with Gasteiger partial charge in [-0.3, -0.25) is 24.1 Å². The Morgan fingerprint density at radius 1 is 0.833 bits per heavy atom. The van der Waals surface area contributed by atoms with Gasteiger partial charge in [-0.25, -0.2) is 0 Å². The Kier molecular flexibility index (Phi) is 6.67. The molecule has 0 spiro atoms. The van der Waals surface area contributed by atoms with Gasteiger partial charge in [0.2, 0.25) is 0 Å². The predicted octanol–water partition coefficient (Wildman–Crippen LogP) is -0.237. The Bertz CT molecular complexity index is 481. The van der Waals surface area contributed by atoms with E-state index in [0.29, 0.717) is 12.8 Å². The lowest BCUT2D eigenvalue weighted by Gasteiger charge is -2.48. The van der Waals surface area contributed by atoms with E-state index in [4.69, 9.17) is 15.9 Å². The summed E-state index contributed by atoms with van der Waals surface area (Å²) in [5, 5.41) is 36.7. The van der Waals surface area contributed by atoms with Gasteiger partial charge in [0.25, 0.3) is 0 Å². The van der Waals surface area contributed by atoms with Crippen LogP contribution in [-0.4, -0.2) is 66.9 Å². The van der Waals surface area contributed by atoms with Crippen LogP contribution in [0.2, 0.25) is 0 Å². The maximum absolute atomic E-state index is 11.6. The molecular weight excluding hydrogens is 324 g/mol. The van der Waals surface area contributed by atoms with Gasteiger partial charge in [-0.1, -0.05) is 19.3 Å². The van der Waals surface area contributed by atoms with E-state index >= 15 is 0 Å². The van der Waals surface area contributed by atoms with Crippen molar-refractivity contribution in [1.29, 1.82) is 0 Å². The smallest absolute Gasteiger partial charge is 0.321 e. The summed E-state index contributed by atoms with van der Waals surface area (Å²) in [6.45, 7) is 0. The van der Waals surface area contributed by atoms with E-state index < -0.39 is 54.5 Å². The summed E-state index contributed by atoms with van der Waals surface area (Å²) in [4.78, 5) is 46.1. The van der Waals surface area contributed by atoms with Crippen molar-refractivity contribution in [2.24, 2.45) is 5.73 Å². The van der Waals surface area contributed by atoms with E-state index in [1.165, 1.54) is 0 Å². The third-order valence-electron chi connectivity index (χ3n) is 4.21. The first kappa shape index (κ1) is 19.8. The summed E-state index contributed by atoms with van der Waals surface area (Å²) >= 11 is 0. The van der Waals surface area contributed by atoms with Crippen LogP contribution in [0.4, 0.5) is 0 Å². The molecule has 1 aliphatic rings. The number of carboxylic acids is 4. The van der Waals surface area contributed by atoms with Gasteiger partial charge in [0.1, 0.15) is 12.1 Å². The van der Waals surface area contributed by atoms with Crippen molar-refractivity contribution in [2.75, 3.05) is 0 Å². The molecule has 0 aromatic rings. The maximum atomic E-state index is 11.6. The standard InChI is InChI=1S/C14H22N2O8/c15-14(4-2-1-3-5-14)16(8(12(21)22)6-10(17)18)9(13(23)24)7-11(19)20/h8-9H,1-7,15H2,(H,17,18)(H,19,20)(H,21,22)(H,23,24). The van der Waals surface area contributed by atoms with Crippen molar-refractivity contribution in [2.45, 2.75) is 62.7 Å². The van der Waals surface area contributed by atoms with Crippen LogP contribution in [0.5, 0.6) is 0 Å². The van der Waals surface area contributed by atoms with Crippen molar-refractivity contribution in [1.82, 2.24) is 4.90 Å². The van der Waals surface area contributed by atoms with Crippen molar-refractivity contribution in [3.05, 3.63) is 0 Å². The highest BCUT2D eigenvalue weighted by molar-refractivity contribution is 5.84. The summed E-state index contributed by atoms with van der Waals surface area (Å²) in [5.74, 6) is -5.98. The average Bonchev–Trinajstić information content (AvgIpc) is 2.44. The van der Waals surface area contributed by atoms with E-state index in [-0.39, 0.29) is 12.8 Å². The molecule has 0 radical (unpaired) electrons. The number of nitrogens with two attached hydrogens (primary N) is 1. The maximum Gasteiger partial charge on any atom is 0.321 e. The molecule has 0 saturated heterocycles. The van der Waals surface area contributed by atoms with Crippen LogP contribution >= 0.6 is 0 Å². The zero-order valence-corrected chi connectivity index (χ0v) is 13.1. The second-order valence-electron chi connectivity index (χ2n) is 5.98. The van der Waals surface area contributed by atoms with Gasteiger partial charge in [-0.05, 0) is 12.8 Å². The lowest BCUT2D eigenvalue weighted by Crippen LogP contribution is -2.67. The first-order valence-corrected chi connectivity index (χ1v) is 7.55. The van der Waals surface area contributed by atoms with Crippen LogP contribution < -0.4 is 5.73 Å². The van der Waals surface area contributed by atoms with Crippen molar-refractivity contribution >= 4 is 23.9 Å². The van der Waals surface area contributed by atoms with E-state index in [1.807, 2.05) is 0 Å². The van der Waals surface area contributed by atoms with Gasteiger partial charge in [0.05, 0.1) is 18.5 Å². The molecule has 1 saturated carbocycles.